The summed E-state index contributed by atoms with van der Waals surface area (Å²) in [4.78, 5) is 44.3. The molecule has 9 nitrogen and oxygen atoms in total. The molecule has 230 valence electrons. The van der Waals surface area contributed by atoms with Gasteiger partial charge in [-0.25, -0.2) is 0 Å². The molecule has 0 saturated carbocycles. The summed E-state index contributed by atoms with van der Waals surface area (Å²) in [6.07, 6.45) is 1.67. The molecule has 0 radical (unpaired) electrons. The predicted octanol–water partition coefficient (Wildman–Crippen LogP) is 4.30. The average Bonchev–Trinajstić information content (AvgIpc) is 3.60. The highest BCUT2D eigenvalue weighted by molar-refractivity contribution is 7.85. The molecular weight excluding hydrogens is 578 g/mol. The topological polar surface area (TPSA) is 115 Å². The maximum Gasteiger partial charge on any atom is 0.294 e. The van der Waals surface area contributed by atoms with Gasteiger partial charge in [0.2, 0.25) is 0 Å². The second-order valence-corrected chi connectivity index (χ2v) is 13.8. The van der Waals surface area contributed by atoms with Gasteiger partial charge >= 0.3 is 0 Å². The number of hydrogen-bond acceptors (Lipinski definition) is 8. The number of Topliss-reactive ketones (excluding diaryl/α,β-unsaturated/α-hetero) is 3. The number of hydrogen-bond donors (Lipinski definition) is 1. The lowest BCUT2D eigenvalue weighted by molar-refractivity contribution is 0.0956. The van der Waals surface area contributed by atoms with Crippen molar-refractivity contribution in [2.75, 3.05) is 26.7 Å². The number of ketones is 3. The summed E-state index contributed by atoms with van der Waals surface area (Å²) in [6.45, 7) is 6.47. The van der Waals surface area contributed by atoms with Gasteiger partial charge in [-0.05, 0) is 78.0 Å². The fourth-order valence-corrected chi connectivity index (χ4v) is 7.39. The van der Waals surface area contributed by atoms with E-state index in [4.69, 9.17) is 0 Å². The van der Waals surface area contributed by atoms with Gasteiger partial charge in [0, 0.05) is 81.9 Å². The summed E-state index contributed by atoms with van der Waals surface area (Å²) in [5.41, 5.74) is 7.65. The molecule has 3 aromatic carbocycles. The SMILES string of the molecule is CC(=O)c1cc2c(c(S(=O)(=O)O)c1)CN(CCC(=O)c1ccc3c(c1)CN(CCC(=O)c1ccc4c(c1)CCN(C)C4)C3)C2. The molecule has 0 aromatic heterocycles. The fraction of sp³-hybridized carbons (Fsp3) is 0.382. The van der Waals surface area contributed by atoms with Crippen LogP contribution in [0, 0.1) is 0 Å². The van der Waals surface area contributed by atoms with Gasteiger partial charge in [-0.1, -0.05) is 24.3 Å². The molecule has 0 aliphatic carbocycles. The highest BCUT2D eigenvalue weighted by Crippen LogP contribution is 2.31. The molecule has 1 N–H and O–H groups in total. The number of benzene rings is 3. The minimum Gasteiger partial charge on any atom is -0.302 e. The fourth-order valence-electron chi connectivity index (χ4n) is 6.61. The van der Waals surface area contributed by atoms with Crippen molar-refractivity contribution in [2.24, 2.45) is 0 Å². The average molecular weight is 616 g/mol. The molecule has 10 heteroatoms. The van der Waals surface area contributed by atoms with Crippen LogP contribution in [-0.2, 0) is 49.3 Å². The van der Waals surface area contributed by atoms with Gasteiger partial charge in [0.15, 0.2) is 17.3 Å². The van der Waals surface area contributed by atoms with Gasteiger partial charge in [-0.3, -0.25) is 28.7 Å². The van der Waals surface area contributed by atoms with Crippen LogP contribution in [0.5, 0.6) is 0 Å². The van der Waals surface area contributed by atoms with Crippen molar-refractivity contribution in [2.45, 2.75) is 63.8 Å². The van der Waals surface area contributed by atoms with Crippen LogP contribution in [-0.4, -0.2) is 71.7 Å². The van der Waals surface area contributed by atoms with Gasteiger partial charge in [-0.2, -0.15) is 8.42 Å². The van der Waals surface area contributed by atoms with Gasteiger partial charge in [0.1, 0.15) is 0 Å². The standard InChI is InChI=1S/C34H37N3O6S/c1-22(38)28-15-30-20-37(21-31(30)34(16-28)44(41,42)43)12-9-33(40)25-4-6-27-18-36(19-29(27)14-25)11-8-32(39)24-3-5-26-17-35(2)10-7-23(26)13-24/h3-6,13-16H,7-12,17-21H2,1-2H3,(H,41,42,43). The summed E-state index contributed by atoms with van der Waals surface area (Å²) >= 11 is 0. The van der Waals surface area contributed by atoms with E-state index in [1.165, 1.54) is 29.7 Å². The maximum atomic E-state index is 13.1. The van der Waals surface area contributed by atoms with E-state index in [1.807, 2.05) is 29.2 Å². The second kappa shape index (κ2) is 12.1. The van der Waals surface area contributed by atoms with Crippen LogP contribution < -0.4 is 0 Å². The first-order chi connectivity index (χ1) is 20.9. The third-order valence-corrected chi connectivity index (χ3v) is 10.0. The molecule has 3 aromatic rings. The van der Waals surface area contributed by atoms with Crippen molar-refractivity contribution in [1.82, 2.24) is 14.7 Å². The maximum absolute atomic E-state index is 13.1. The number of carbonyl (C=O) groups is 3. The first-order valence-corrected chi connectivity index (χ1v) is 16.5. The summed E-state index contributed by atoms with van der Waals surface area (Å²) < 4.78 is 33.7. The van der Waals surface area contributed by atoms with E-state index in [2.05, 4.69) is 29.0 Å². The lowest BCUT2D eigenvalue weighted by atomic mass is 9.95. The summed E-state index contributed by atoms with van der Waals surface area (Å²) in [5.74, 6) is -0.130. The van der Waals surface area contributed by atoms with Crippen LogP contribution in [0.3, 0.4) is 0 Å². The van der Waals surface area contributed by atoms with Crippen molar-refractivity contribution in [3.8, 4) is 0 Å². The molecule has 0 unspecified atom stereocenters. The normalized spacial score (nSPS) is 16.9. The minimum atomic E-state index is -4.49. The third-order valence-electron chi connectivity index (χ3n) is 9.12. The van der Waals surface area contributed by atoms with Crippen LogP contribution in [0.1, 0.15) is 84.2 Å². The quantitative estimate of drug-likeness (QED) is 0.263. The molecule has 0 fully saturated rings. The molecule has 3 aliphatic rings. The Kier molecular flexibility index (Phi) is 8.38. The number of carbonyl (C=O) groups excluding carboxylic acids is 3. The van der Waals surface area contributed by atoms with Gasteiger partial charge in [-0.15, -0.1) is 0 Å². The lowest BCUT2D eigenvalue weighted by Gasteiger charge is -2.25. The predicted molar refractivity (Wildman–Crippen MR) is 165 cm³/mol. The molecule has 3 aliphatic heterocycles. The Balaban J connectivity index is 1.03. The number of likely N-dealkylation sites (N-methyl/N-ethyl adjacent to an activating group) is 1. The zero-order valence-electron chi connectivity index (χ0n) is 25.1. The summed E-state index contributed by atoms with van der Waals surface area (Å²) in [6, 6.07) is 14.8. The zero-order chi connectivity index (χ0) is 31.2. The molecule has 0 spiro atoms. The van der Waals surface area contributed by atoms with Crippen molar-refractivity contribution in [3.05, 3.63) is 98.6 Å². The molecular formula is C34H37N3O6S. The van der Waals surface area contributed by atoms with E-state index in [-0.39, 0.29) is 40.8 Å². The van der Waals surface area contributed by atoms with E-state index in [1.54, 1.807) is 6.07 Å². The largest absolute Gasteiger partial charge is 0.302 e. The molecule has 0 saturated heterocycles. The number of fused-ring (bicyclic) bond motifs is 3. The monoisotopic (exact) mass is 615 g/mol. The molecule has 44 heavy (non-hydrogen) atoms. The first kappa shape index (κ1) is 30.5. The van der Waals surface area contributed by atoms with Crippen LogP contribution in [0.2, 0.25) is 0 Å². The second-order valence-electron chi connectivity index (χ2n) is 12.4. The van der Waals surface area contributed by atoms with Crippen molar-refractivity contribution < 1.29 is 27.4 Å². The van der Waals surface area contributed by atoms with Crippen LogP contribution >= 0.6 is 0 Å². The Morgan fingerprint density at radius 3 is 1.89 bits per heavy atom. The summed E-state index contributed by atoms with van der Waals surface area (Å²) in [7, 11) is -2.38. The van der Waals surface area contributed by atoms with Gasteiger partial charge in [0.25, 0.3) is 10.1 Å². The van der Waals surface area contributed by atoms with Crippen LogP contribution in [0.25, 0.3) is 0 Å². The van der Waals surface area contributed by atoms with E-state index in [0.29, 0.717) is 49.3 Å². The van der Waals surface area contributed by atoms with Crippen molar-refractivity contribution in [1.29, 1.82) is 0 Å². The van der Waals surface area contributed by atoms with E-state index in [0.717, 1.165) is 37.2 Å². The van der Waals surface area contributed by atoms with Crippen molar-refractivity contribution in [3.63, 3.8) is 0 Å². The van der Waals surface area contributed by atoms with Crippen molar-refractivity contribution >= 4 is 27.5 Å². The Morgan fingerprint density at radius 1 is 0.705 bits per heavy atom. The Morgan fingerprint density at radius 2 is 1.25 bits per heavy atom. The summed E-state index contributed by atoms with van der Waals surface area (Å²) in [5, 5.41) is 0. The lowest BCUT2D eigenvalue weighted by Crippen LogP contribution is -2.26. The molecule has 0 bridgehead atoms. The molecule has 6 rings (SSSR count). The van der Waals surface area contributed by atoms with Gasteiger partial charge < -0.3 is 4.90 Å². The highest BCUT2D eigenvalue weighted by Gasteiger charge is 2.29. The van der Waals surface area contributed by atoms with Gasteiger partial charge in [0.05, 0.1) is 4.90 Å². The van der Waals surface area contributed by atoms with E-state index in [9.17, 15) is 27.4 Å². The Bertz CT molecular complexity index is 1780. The zero-order valence-corrected chi connectivity index (χ0v) is 26.0. The van der Waals surface area contributed by atoms with E-state index >= 15 is 0 Å². The Hall–Kier alpha value is -3.54. The number of nitrogens with zero attached hydrogens (tertiary/aromatic N) is 3. The highest BCUT2D eigenvalue weighted by atomic mass is 32.2. The minimum absolute atomic E-state index is 0.00424. The number of rotatable bonds is 10. The third kappa shape index (κ3) is 6.45. The van der Waals surface area contributed by atoms with E-state index < -0.39 is 10.1 Å². The smallest absolute Gasteiger partial charge is 0.294 e. The molecule has 3 heterocycles. The molecule has 0 atom stereocenters. The van der Waals surface area contributed by atoms with Crippen LogP contribution in [0.15, 0.2) is 53.4 Å². The molecule has 0 amide bonds. The van der Waals surface area contributed by atoms with Crippen LogP contribution in [0.4, 0.5) is 0 Å². The first-order valence-electron chi connectivity index (χ1n) is 15.0. The Labute approximate surface area is 258 Å².